The minimum Gasteiger partial charge on any atom is -0.490 e. The number of aliphatic hydroxyl groups excluding tert-OH is 1. The van der Waals surface area contributed by atoms with Gasteiger partial charge in [0.2, 0.25) is 0 Å². The van der Waals surface area contributed by atoms with E-state index in [1.807, 2.05) is 38.1 Å². The molecule has 9 heteroatoms. The third-order valence-electron chi connectivity index (χ3n) is 6.51. The first kappa shape index (κ1) is 26.0. The first-order valence-electron chi connectivity index (χ1n) is 12.2. The highest BCUT2D eigenvalue weighted by Gasteiger charge is 2.29. The summed E-state index contributed by atoms with van der Waals surface area (Å²) in [5.41, 5.74) is 3.29. The molecule has 194 valence electrons. The molecule has 1 aliphatic rings. The number of sulfone groups is 1. The Hall–Kier alpha value is -2.58. The van der Waals surface area contributed by atoms with Crippen LogP contribution < -0.4 is 4.74 Å². The smallest absolute Gasteiger partial charge is 0.178 e. The second-order valence-corrected chi connectivity index (χ2v) is 12.6. The molecule has 37 heavy (non-hydrogen) atoms. The number of ether oxygens (including phenoxy) is 1. The fourth-order valence-electron chi connectivity index (χ4n) is 4.49. The molecule has 1 atom stereocenters. The number of H-pyrrole nitrogens is 1. The van der Waals surface area contributed by atoms with E-state index in [9.17, 15) is 13.5 Å². The van der Waals surface area contributed by atoms with E-state index >= 15 is 0 Å². The monoisotopic (exact) mass is 558 g/mol. The van der Waals surface area contributed by atoms with Crippen molar-refractivity contribution in [3.8, 4) is 16.9 Å². The van der Waals surface area contributed by atoms with Gasteiger partial charge < -0.3 is 14.8 Å². The molecule has 0 saturated heterocycles. The minimum atomic E-state index is -3.31. The third kappa shape index (κ3) is 5.36. The van der Waals surface area contributed by atoms with Gasteiger partial charge in [-0.25, -0.2) is 13.4 Å². The van der Waals surface area contributed by atoms with E-state index in [4.69, 9.17) is 32.9 Å². The molecule has 1 aromatic heterocycles. The maximum atomic E-state index is 12.6. The van der Waals surface area contributed by atoms with Gasteiger partial charge in [-0.05, 0) is 62.4 Å². The summed E-state index contributed by atoms with van der Waals surface area (Å²) in [5, 5.41) is 11.1. The zero-order valence-electron chi connectivity index (χ0n) is 20.5. The van der Waals surface area contributed by atoms with Gasteiger partial charge in [0, 0.05) is 11.1 Å². The second-order valence-electron chi connectivity index (χ2n) is 9.76. The van der Waals surface area contributed by atoms with Crippen molar-refractivity contribution in [2.45, 2.75) is 43.6 Å². The van der Waals surface area contributed by atoms with Crippen LogP contribution in [0.3, 0.4) is 0 Å². The van der Waals surface area contributed by atoms with Crippen LogP contribution in [-0.4, -0.2) is 42.0 Å². The van der Waals surface area contributed by atoms with Gasteiger partial charge >= 0.3 is 0 Å². The molecule has 4 aromatic rings. The molecule has 1 heterocycles. The number of aromatic nitrogens is 2. The number of nitrogens with zero attached hydrogens (tertiary/aromatic N) is 1. The van der Waals surface area contributed by atoms with Crippen LogP contribution in [-0.2, 0) is 9.84 Å². The average Bonchev–Trinajstić information content (AvgIpc) is 3.56. The van der Waals surface area contributed by atoms with Crippen molar-refractivity contribution in [1.29, 1.82) is 0 Å². The number of aromatic amines is 1. The predicted octanol–water partition coefficient (Wildman–Crippen LogP) is 6.63. The van der Waals surface area contributed by atoms with E-state index in [1.165, 1.54) is 0 Å². The molecule has 0 amide bonds. The molecule has 1 fully saturated rings. The number of hydrogen-bond acceptors (Lipinski definition) is 5. The van der Waals surface area contributed by atoms with Gasteiger partial charge in [0.15, 0.2) is 9.84 Å². The Morgan fingerprint density at radius 3 is 2.46 bits per heavy atom. The summed E-state index contributed by atoms with van der Waals surface area (Å²) in [6, 6.07) is 16.0. The summed E-state index contributed by atoms with van der Waals surface area (Å²) < 4.78 is 31.2. The fraction of sp³-hybridized carbons (Fsp3) is 0.321. The number of fused-ring (bicyclic) bond motifs is 1. The number of imidazole rings is 1. The highest BCUT2D eigenvalue weighted by atomic mass is 35.5. The highest BCUT2D eigenvalue weighted by molar-refractivity contribution is 7.91. The number of rotatable bonds is 9. The molecule has 5 rings (SSSR count). The van der Waals surface area contributed by atoms with Crippen LogP contribution in [0.25, 0.3) is 22.2 Å². The van der Waals surface area contributed by atoms with Crippen molar-refractivity contribution in [2.75, 3.05) is 12.4 Å². The van der Waals surface area contributed by atoms with E-state index < -0.39 is 15.8 Å². The van der Waals surface area contributed by atoms with Gasteiger partial charge in [-0.15, -0.1) is 0 Å². The van der Waals surface area contributed by atoms with Crippen LogP contribution in [0.4, 0.5) is 0 Å². The second kappa shape index (κ2) is 10.3. The molecule has 6 nitrogen and oxygen atoms in total. The number of nitrogens with one attached hydrogen (secondary N) is 1. The van der Waals surface area contributed by atoms with Crippen LogP contribution in [0.5, 0.6) is 5.75 Å². The van der Waals surface area contributed by atoms with Gasteiger partial charge in [0.05, 0.1) is 44.8 Å². The zero-order valence-corrected chi connectivity index (χ0v) is 22.9. The summed E-state index contributed by atoms with van der Waals surface area (Å²) in [5.74, 6) is 1.14. The third-order valence-corrected chi connectivity index (χ3v) is 9.08. The summed E-state index contributed by atoms with van der Waals surface area (Å²) in [6.45, 7) is 3.68. The number of aliphatic hydroxyl groups is 1. The first-order valence-corrected chi connectivity index (χ1v) is 14.7. The highest BCUT2D eigenvalue weighted by Crippen LogP contribution is 2.43. The SMILES string of the molecule is CC(C)Oc1ccccc1-c1c(Cl)cc2[nH]c([C@H](CO)c3ccc(S(=O)(=O)CC4CC4)cc3)nc2c1Cl. The van der Waals surface area contributed by atoms with Gasteiger partial charge in [0.1, 0.15) is 17.1 Å². The van der Waals surface area contributed by atoms with Crippen molar-refractivity contribution in [1.82, 2.24) is 9.97 Å². The summed E-state index contributed by atoms with van der Waals surface area (Å²) in [7, 11) is -3.31. The minimum absolute atomic E-state index is 0.0280. The maximum Gasteiger partial charge on any atom is 0.178 e. The number of hydrogen-bond donors (Lipinski definition) is 2. The van der Waals surface area contributed by atoms with Crippen LogP contribution in [0.1, 0.15) is 44.0 Å². The maximum absolute atomic E-state index is 12.6. The molecule has 0 radical (unpaired) electrons. The Morgan fingerprint density at radius 2 is 1.81 bits per heavy atom. The van der Waals surface area contributed by atoms with E-state index in [0.29, 0.717) is 43.1 Å². The Bertz CT molecular complexity index is 1540. The van der Waals surface area contributed by atoms with E-state index in [-0.39, 0.29) is 24.4 Å². The molecule has 0 bridgehead atoms. The van der Waals surface area contributed by atoms with Crippen molar-refractivity contribution < 1.29 is 18.3 Å². The topological polar surface area (TPSA) is 92.3 Å². The zero-order chi connectivity index (χ0) is 26.3. The van der Waals surface area contributed by atoms with E-state index in [2.05, 4.69) is 4.98 Å². The molecular formula is C28H28Cl2N2O4S. The van der Waals surface area contributed by atoms with Crippen LogP contribution in [0.2, 0.25) is 10.0 Å². The van der Waals surface area contributed by atoms with Crippen LogP contribution in [0.15, 0.2) is 59.5 Å². The number of halogens is 2. The average molecular weight is 560 g/mol. The van der Waals surface area contributed by atoms with Gasteiger partial charge in [0.25, 0.3) is 0 Å². The van der Waals surface area contributed by atoms with E-state index in [0.717, 1.165) is 24.0 Å². The molecule has 0 unspecified atom stereocenters. The molecule has 2 N–H and O–H groups in total. The lowest BCUT2D eigenvalue weighted by Gasteiger charge is -2.16. The fourth-order valence-corrected chi connectivity index (χ4v) is 6.89. The lowest BCUT2D eigenvalue weighted by atomic mass is 9.99. The number of benzene rings is 3. The Morgan fingerprint density at radius 1 is 1.11 bits per heavy atom. The predicted molar refractivity (Wildman–Crippen MR) is 147 cm³/mol. The lowest BCUT2D eigenvalue weighted by Crippen LogP contribution is -2.10. The molecule has 0 spiro atoms. The molecule has 3 aromatic carbocycles. The summed E-state index contributed by atoms with van der Waals surface area (Å²) in [4.78, 5) is 8.27. The Labute approximate surface area is 226 Å². The van der Waals surface area contributed by atoms with Gasteiger partial charge in [-0.2, -0.15) is 0 Å². The lowest BCUT2D eigenvalue weighted by molar-refractivity contribution is 0.243. The van der Waals surface area contributed by atoms with Gasteiger partial charge in [-0.3, -0.25) is 0 Å². The molecule has 0 aliphatic heterocycles. The molecule has 1 saturated carbocycles. The van der Waals surface area contributed by atoms with Crippen molar-refractivity contribution in [2.24, 2.45) is 5.92 Å². The largest absolute Gasteiger partial charge is 0.490 e. The number of para-hydroxylation sites is 1. The Balaban J connectivity index is 1.51. The van der Waals surface area contributed by atoms with Crippen molar-refractivity contribution in [3.63, 3.8) is 0 Å². The summed E-state index contributed by atoms with van der Waals surface area (Å²) >= 11 is 13.6. The van der Waals surface area contributed by atoms with E-state index in [1.54, 1.807) is 30.3 Å². The molecule has 1 aliphatic carbocycles. The first-order chi connectivity index (χ1) is 17.7. The van der Waals surface area contributed by atoms with Gasteiger partial charge in [-0.1, -0.05) is 53.5 Å². The molecular weight excluding hydrogens is 531 g/mol. The standard InChI is InChI=1S/C28H28Cl2N2O4S/c1-16(2)36-24-6-4-3-5-20(24)25-22(29)13-23-27(26(25)30)32-28(31-23)21(14-33)18-9-11-19(12-10-18)37(34,35)15-17-7-8-17/h3-6,9-13,16-17,21,33H,7-8,14-15H2,1-2H3,(H,31,32)/t21-/m1/s1. The van der Waals surface area contributed by atoms with Crippen molar-refractivity contribution >= 4 is 44.1 Å². The van der Waals surface area contributed by atoms with Crippen molar-refractivity contribution in [3.05, 3.63) is 76.0 Å². The normalized spacial score (nSPS) is 14.9. The van der Waals surface area contributed by atoms with Crippen LogP contribution >= 0.6 is 23.2 Å². The Kier molecular flexibility index (Phi) is 7.24. The summed E-state index contributed by atoms with van der Waals surface area (Å²) in [6.07, 6.45) is 1.92. The quantitative estimate of drug-likeness (QED) is 0.240. The van der Waals surface area contributed by atoms with Crippen LogP contribution in [0, 0.1) is 5.92 Å².